The van der Waals surface area contributed by atoms with Crippen molar-refractivity contribution in [3.63, 3.8) is 0 Å². The molecule has 5 aromatic rings. The molecule has 0 aliphatic heterocycles. The third-order valence-corrected chi connectivity index (χ3v) is 6.38. The molecule has 4 aromatic carbocycles. The van der Waals surface area contributed by atoms with Crippen molar-refractivity contribution in [3.8, 4) is 22.6 Å². The van der Waals surface area contributed by atoms with Crippen molar-refractivity contribution >= 4 is 34.2 Å². The molecule has 0 aliphatic rings. The van der Waals surface area contributed by atoms with Crippen LogP contribution in [0, 0.1) is 0 Å². The highest BCUT2D eigenvalue weighted by atomic mass is 35.5. The Balaban J connectivity index is 1.36. The molecule has 6 nitrogen and oxygen atoms in total. The van der Waals surface area contributed by atoms with Crippen LogP contribution in [0.5, 0.6) is 11.5 Å². The molecule has 1 heterocycles. The van der Waals surface area contributed by atoms with Crippen LogP contribution < -0.4 is 15.2 Å². The summed E-state index contributed by atoms with van der Waals surface area (Å²) >= 11 is 13.2. The van der Waals surface area contributed by atoms with Crippen molar-refractivity contribution in [3.05, 3.63) is 106 Å². The summed E-state index contributed by atoms with van der Waals surface area (Å²) in [5.74, 6) is 1.05. The van der Waals surface area contributed by atoms with Gasteiger partial charge in [0.1, 0.15) is 35.7 Å². The van der Waals surface area contributed by atoms with Crippen LogP contribution in [0.15, 0.2) is 83.5 Å². The second-order valence-corrected chi connectivity index (χ2v) is 8.65. The average Bonchev–Trinajstić information content (AvgIpc) is 3.38. The van der Waals surface area contributed by atoms with Gasteiger partial charge >= 0.3 is 0 Å². The van der Waals surface area contributed by atoms with E-state index in [0.29, 0.717) is 32.6 Å². The molecule has 0 aliphatic carbocycles. The maximum atomic E-state index is 6.71. The quantitative estimate of drug-likeness (QED) is 0.249. The molecule has 0 radical (unpaired) electrons. The number of hydrogen-bond donors (Lipinski definition) is 1. The predicted octanol–water partition coefficient (Wildman–Crippen LogP) is 6.81. The molecule has 0 bridgehead atoms. The Morgan fingerprint density at radius 2 is 1.49 bits per heavy atom. The lowest BCUT2D eigenvalue weighted by atomic mass is 10.0. The number of rotatable bonds is 8. The van der Waals surface area contributed by atoms with E-state index in [9.17, 15) is 0 Å². The first-order valence-corrected chi connectivity index (χ1v) is 11.7. The summed E-state index contributed by atoms with van der Waals surface area (Å²) in [5, 5.41) is 8.90. The highest BCUT2D eigenvalue weighted by Crippen LogP contribution is 2.36. The van der Waals surface area contributed by atoms with Crippen molar-refractivity contribution in [2.75, 3.05) is 0 Å². The van der Waals surface area contributed by atoms with Gasteiger partial charge in [-0.1, -0.05) is 83.9 Å². The summed E-state index contributed by atoms with van der Waals surface area (Å²) in [6.45, 7) is 0.755. The monoisotopic (exact) mass is 505 g/mol. The van der Waals surface area contributed by atoms with Gasteiger partial charge in [-0.2, -0.15) is 0 Å². The first kappa shape index (κ1) is 23.2. The van der Waals surface area contributed by atoms with E-state index < -0.39 is 0 Å². The molecule has 0 saturated heterocycles. The average molecular weight is 506 g/mol. The van der Waals surface area contributed by atoms with Crippen molar-refractivity contribution in [1.29, 1.82) is 0 Å². The van der Waals surface area contributed by atoms with Crippen molar-refractivity contribution < 1.29 is 14.1 Å². The van der Waals surface area contributed by atoms with Crippen LogP contribution in [-0.4, -0.2) is 10.3 Å². The minimum absolute atomic E-state index is 0.241. The van der Waals surface area contributed by atoms with Crippen LogP contribution in [0.3, 0.4) is 0 Å². The Morgan fingerprint density at radius 3 is 2.31 bits per heavy atom. The fourth-order valence-corrected chi connectivity index (χ4v) is 4.33. The molecule has 35 heavy (non-hydrogen) atoms. The number of nitrogens with zero attached hydrogens (tertiary/aromatic N) is 2. The van der Waals surface area contributed by atoms with E-state index in [4.69, 9.17) is 43.0 Å². The second-order valence-electron chi connectivity index (χ2n) is 7.87. The van der Waals surface area contributed by atoms with Crippen molar-refractivity contribution in [1.82, 2.24) is 10.3 Å². The molecule has 0 fully saturated rings. The summed E-state index contributed by atoms with van der Waals surface area (Å²) < 4.78 is 17.0. The molecule has 0 saturated carbocycles. The lowest BCUT2D eigenvalue weighted by molar-refractivity contribution is 0.287. The van der Waals surface area contributed by atoms with Gasteiger partial charge in [0.05, 0.1) is 10.0 Å². The van der Waals surface area contributed by atoms with Gasteiger partial charge < -0.3 is 15.2 Å². The highest BCUT2D eigenvalue weighted by molar-refractivity contribution is 6.34. The van der Waals surface area contributed by atoms with Gasteiger partial charge in [0.25, 0.3) is 0 Å². The van der Waals surface area contributed by atoms with Gasteiger partial charge in [0.2, 0.25) is 0 Å². The van der Waals surface area contributed by atoms with E-state index in [1.54, 1.807) is 12.1 Å². The van der Waals surface area contributed by atoms with Gasteiger partial charge in [-0.15, -0.1) is 0 Å². The summed E-state index contributed by atoms with van der Waals surface area (Å²) in [4.78, 5) is 0. The smallest absolute Gasteiger partial charge is 0.142 e. The molecule has 0 amide bonds. The fraction of sp³-hybridized carbons (Fsp3) is 0.111. The maximum Gasteiger partial charge on any atom is 0.142 e. The largest absolute Gasteiger partial charge is 0.488 e. The third kappa shape index (κ3) is 4.95. The number of halogens is 2. The molecule has 176 valence electrons. The Bertz CT molecular complexity index is 1470. The standard InChI is InChI=1S/C27H21Cl2N3O3/c28-22-12-20(14-30)24(33-16-19-9-5-11-23-27(19)32-35-31-23)13-25(22)34-15-18-8-4-10-21(26(18)29)17-6-2-1-3-7-17/h1-13H,14-16,30H2. The molecule has 0 spiro atoms. The van der Waals surface area contributed by atoms with E-state index in [-0.39, 0.29) is 19.8 Å². The number of nitrogens with two attached hydrogens (primary N) is 1. The Labute approximate surface area is 212 Å². The Morgan fingerprint density at radius 1 is 0.743 bits per heavy atom. The molecule has 5 rings (SSSR count). The van der Waals surface area contributed by atoms with Gasteiger partial charge in [-0.05, 0) is 28.0 Å². The third-order valence-electron chi connectivity index (χ3n) is 5.63. The lowest BCUT2D eigenvalue weighted by Crippen LogP contribution is -2.05. The molecular formula is C27H21Cl2N3O3. The minimum Gasteiger partial charge on any atom is -0.488 e. The minimum atomic E-state index is 0.241. The number of benzene rings is 4. The summed E-state index contributed by atoms with van der Waals surface area (Å²) in [6.07, 6.45) is 0. The Hall–Kier alpha value is -3.58. The van der Waals surface area contributed by atoms with Crippen LogP contribution in [-0.2, 0) is 19.8 Å². The van der Waals surface area contributed by atoms with Gasteiger partial charge in [-0.3, -0.25) is 0 Å². The molecule has 0 atom stereocenters. The van der Waals surface area contributed by atoms with Gasteiger partial charge in [-0.25, -0.2) is 4.63 Å². The SMILES string of the molecule is NCc1cc(Cl)c(OCc2cccc(-c3ccccc3)c2Cl)cc1OCc1cccc2nonc12. The van der Waals surface area contributed by atoms with Gasteiger partial charge in [0, 0.05) is 34.9 Å². The summed E-state index contributed by atoms with van der Waals surface area (Å²) in [6, 6.07) is 25.0. The lowest BCUT2D eigenvalue weighted by Gasteiger charge is -2.16. The molecule has 1 aromatic heterocycles. The van der Waals surface area contributed by atoms with E-state index in [2.05, 4.69) is 10.3 Å². The van der Waals surface area contributed by atoms with Crippen LogP contribution in [0.1, 0.15) is 16.7 Å². The highest BCUT2D eigenvalue weighted by Gasteiger charge is 2.14. The number of fused-ring (bicyclic) bond motifs is 1. The predicted molar refractivity (Wildman–Crippen MR) is 137 cm³/mol. The normalized spacial score (nSPS) is 11.1. The first-order chi connectivity index (χ1) is 17.1. The van der Waals surface area contributed by atoms with E-state index in [1.807, 2.05) is 66.7 Å². The zero-order valence-corrected chi connectivity index (χ0v) is 20.1. The van der Waals surface area contributed by atoms with Crippen LogP contribution in [0.25, 0.3) is 22.2 Å². The summed E-state index contributed by atoms with van der Waals surface area (Å²) in [5.41, 5.74) is 11.7. The number of ether oxygens (including phenoxy) is 2. The van der Waals surface area contributed by atoms with E-state index >= 15 is 0 Å². The van der Waals surface area contributed by atoms with Crippen molar-refractivity contribution in [2.45, 2.75) is 19.8 Å². The van der Waals surface area contributed by atoms with Gasteiger partial charge in [0.15, 0.2) is 0 Å². The Kier molecular flexibility index (Phi) is 6.86. The first-order valence-electron chi connectivity index (χ1n) is 10.9. The zero-order valence-electron chi connectivity index (χ0n) is 18.6. The number of hydrogen-bond acceptors (Lipinski definition) is 6. The number of aromatic nitrogens is 2. The fourth-order valence-electron chi connectivity index (χ4n) is 3.80. The summed E-state index contributed by atoms with van der Waals surface area (Å²) in [7, 11) is 0. The molecular weight excluding hydrogens is 485 g/mol. The van der Waals surface area contributed by atoms with Crippen LogP contribution in [0.2, 0.25) is 10.0 Å². The second kappa shape index (κ2) is 10.4. The zero-order chi connectivity index (χ0) is 24.2. The van der Waals surface area contributed by atoms with E-state index in [1.165, 1.54) is 0 Å². The molecule has 0 unspecified atom stereocenters. The van der Waals surface area contributed by atoms with E-state index in [0.717, 1.165) is 27.8 Å². The maximum absolute atomic E-state index is 6.71. The topological polar surface area (TPSA) is 83.4 Å². The molecule has 8 heteroatoms. The van der Waals surface area contributed by atoms with Crippen molar-refractivity contribution in [2.24, 2.45) is 5.73 Å². The van der Waals surface area contributed by atoms with Crippen LogP contribution in [0.4, 0.5) is 0 Å². The molecule has 2 N–H and O–H groups in total. The van der Waals surface area contributed by atoms with Crippen LogP contribution >= 0.6 is 23.2 Å².